The van der Waals surface area contributed by atoms with Crippen LogP contribution >= 0.6 is 12.4 Å². The molecule has 0 saturated heterocycles. The molecule has 0 aromatic carbocycles. The Hall–Kier alpha value is -2.01. The van der Waals surface area contributed by atoms with Crippen LogP contribution in [-0.4, -0.2) is 19.7 Å². The van der Waals surface area contributed by atoms with Crippen LogP contribution in [0.2, 0.25) is 0 Å². The van der Waals surface area contributed by atoms with Crippen molar-refractivity contribution in [2.24, 2.45) is 0 Å². The summed E-state index contributed by atoms with van der Waals surface area (Å²) in [4.78, 5) is 4.23. The lowest BCUT2D eigenvalue weighted by Crippen LogP contribution is -1.88. The number of halogens is 1. The lowest BCUT2D eigenvalue weighted by molar-refractivity contribution is 1.09. The fourth-order valence-electron chi connectivity index (χ4n) is 1.67. The van der Waals surface area contributed by atoms with E-state index in [1.54, 1.807) is 12.4 Å². The molecular formula is C10H10ClN5. The Balaban J connectivity index is 0.000000963. The number of H-pyrrole nitrogens is 1. The van der Waals surface area contributed by atoms with Crippen molar-refractivity contribution in [2.45, 2.75) is 0 Å². The average Bonchev–Trinajstić information content (AvgIpc) is 2.87. The first-order chi connectivity index (χ1) is 7.36. The topological polar surface area (TPSA) is 72.5 Å². The SMILES string of the molecule is Cl.Nc1cn(-c2cn[nH]c2)c2cccnc12. The van der Waals surface area contributed by atoms with Gasteiger partial charge in [0.1, 0.15) is 5.52 Å². The predicted molar refractivity (Wildman–Crippen MR) is 64.9 cm³/mol. The Bertz CT molecular complexity index is 599. The lowest BCUT2D eigenvalue weighted by atomic mass is 10.3. The number of fused-ring (bicyclic) bond motifs is 1. The van der Waals surface area contributed by atoms with E-state index < -0.39 is 0 Å². The van der Waals surface area contributed by atoms with E-state index in [9.17, 15) is 0 Å². The van der Waals surface area contributed by atoms with Crippen LogP contribution in [0.15, 0.2) is 36.9 Å². The van der Waals surface area contributed by atoms with Gasteiger partial charge in [-0.15, -0.1) is 12.4 Å². The minimum absolute atomic E-state index is 0. The number of nitrogens with two attached hydrogens (primary N) is 1. The largest absolute Gasteiger partial charge is 0.396 e. The summed E-state index contributed by atoms with van der Waals surface area (Å²) in [5.74, 6) is 0. The molecule has 16 heavy (non-hydrogen) atoms. The maximum Gasteiger partial charge on any atom is 0.111 e. The summed E-state index contributed by atoms with van der Waals surface area (Å²) in [6.07, 6.45) is 7.14. The zero-order valence-corrected chi connectivity index (χ0v) is 9.11. The van der Waals surface area contributed by atoms with Crippen LogP contribution in [0.5, 0.6) is 0 Å². The highest BCUT2D eigenvalue weighted by molar-refractivity contribution is 5.89. The first kappa shape index (κ1) is 10.5. The summed E-state index contributed by atoms with van der Waals surface area (Å²) in [6, 6.07) is 3.87. The molecule has 3 aromatic rings. The van der Waals surface area contributed by atoms with Crippen molar-refractivity contribution in [3.05, 3.63) is 36.9 Å². The van der Waals surface area contributed by atoms with Crippen molar-refractivity contribution in [3.8, 4) is 5.69 Å². The van der Waals surface area contributed by atoms with E-state index in [0.29, 0.717) is 5.69 Å². The van der Waals surface area contributed by atoms with Gasteiger partial charge < -0.3 is 10.3 Å². The minimum Gasteiger partial charge on any atom is -0.396 e. The first-order valence-corrected chi connectivity index (χ1v) is 4.57. The predicted octanol–water partition coefficient (Wildman–Crippen LogP) is 1.75. The van der Waals surface area contributed by atoms with Crippen molar-refractivity contribution in [1.29, 1.82) is 0 Å². The van der Waals surface area contributed by atoms with Crippen LogP contribution in [0.4, 0.5) is 5.69 Å². The Kier molecular flexibility index (Phi) is 2.54. The number of nitrogens with one attached hydrogen (secondary N) is 1. The monoisotopic (exact) mass is 235 g/mol. The second-order valence-electron chi connectivity index (χ2n) is 3.28. The van der Waals surface area contributed by atoms with Crippen LogP contribution in [0, 0.1) is 0 Å². The van der Waals surface area contributed by atoms with Gasteiger partial charge in [-0.1, -0.05) is 0 Å². The standard InChI is InChI=1S/C10H9N5.ClH/c11-8-6-15(7-4-13-14-5-7)9-2-1-3-12-10(8)9;/h1-6H,11H2,(H,13,14);1H. The van der Waals surface area contributed by atoms with Crippen molar-refractivity contribution in [2.75, 3.05) is 5.73 Å². The maximum atomic E-state index is 5.87. The van der Waals surface area contributed by atoms with Crippen LogP contribution in [0.25, 0.3) is 16.7 Å². The summed E-state index contributed by atoms with van der Waals surface area (Å²) in [7, 11) is 0. The summed E-state index contributed by atoms with van der Waals surface area (Å²) in [5.41, 5.74) is 9.29. The number of hydrogen-bond acceptors (Lipinski definition) is 3. The average molecular weight is 236 g/mol. The zero-order chi connectivity index (χ0) is 10.3. The Morgan fingerprint density at radius 2 is 2.25 bits per heavy atom. The molecule has 0 aliphatic carbocycles. The molecule has 3 heterocycles. The third kappa shape index (κ3) is 1.42. The molecule has 0 spiro atoms. The van der Waals surface area contributed by atoms with Gasteiger partial charge in [0.25, 0.3) is 0 Å². The normalized spacial score (nSPS) is 10.2. The second kappa shape index (κ2) is 3.86. The van der Waals surface area contributed by atoms with E-state index in [4.69, 9.17) is 5.73 Å². The molecule has 0 amide bonds. The molecular weight excluding hydrogens is 226 g/mol. The van der Waals surface area contributed by atoms with E-state index in [-0.39, 0.29) is 12.4 Å². The van der Waals surface area contributed by atoms with Crippen molar-refractivity contribution in [3.63, 3.8) is 0 Å². The minimum atomic E-state index is 0. The number of aromatic nitrogens is 4. The number of hydrogen-bond donors (Lipinski definition) is 2. The van der Waals surface area contributed by atoms with Gasteiger partial charge in [0.05, 0.1) is 23.1 Å². The highest BCUT2D eigenvalue weighted by Gasteiger charge is 2.08. The van der Waals surface area contributed by atoms with Crippen LogP contribution in [0.1, 0.15) is 0 Å². The number of anilines is 1. The molecule has 6 heteroatoms. The van der Waals surface area contributed by atoms with Gasteiger partial charge >= 0.3 is 0 Å². The fraction of sp³-hybridized carbons (Fsp3) is 0. The smallest absolute Gasteiger partial charge is 0.111 e. The molecule has 0 atom stereocenters. The van der Waals surface area contributed by atoms with Gasteiger partial charge in [-0.05, 0) is 12.1 Å². The van der Waals surface area contributed by atoms with Crippen LogP contribution in [0.3, 0.4) is 0 Å². The highest BCUT2D eigenvalue weighted by Crippen LogP contribution is 2.23. The van der Waals surface area contributed by atoms with Gasteiger partial charge in [0, 0.05) is 18.6 Å². The quantitative estimate of drug-likeness (QED) is 0.675. The summed E-state index contributed by atoms with van der Waals surface area (Å²) < 4.78 is 1.96. The molecule has 0 unspecified atom stereocenters. The van der Waals surface area contributed by atoms with E-state index in [0.717, 1.165) is 16.7 Å². The molecule has 0 bridgehead atoms. The van der Waals surface area contributed by atoms with Crippen LogP contribution in [-0.2, 0) is 0 Å². The van der Waals surface area contributed by atoms with Gasteiger partial charge in [-0.2, -0.15) is 5.10 Å². The van der Waals surface area contributed by atoms with E-state index >= 15 is 0 Å². The first-order valence-electron chi connectivity index (χ1n) is 4.57. The molecule has 0 aliphatic rings. The van der Waals surface area contributed by atoms with Gasteiger partial charge in [0.2, 0.25) is 0 Å². The van der Waals surface area contributed by atoms with Gasteiger partial charge in [0.15, 0.2) is 0 Å². The molecule has 0 fully saturated rings. The fourth-order valence-corrected chi connectivity index (χ4v) is 1.67. The maximum absolute atomic E-state index is 5.87. The third-order valence-electron chi connectivity index (χ3n) is 2.35. The van der Waals surface area contributed by atoms with Gasteiger partial charge in [-0.3, -0.25) is 10.1 Å². The van der Waals surface area contributed by atoms with Gasteiger partial charge in [-0.25, -0.2) is 0 Å². The number of rotatable bonds is 1. The Morgan fingerprint density at radius 1 is 1.38 bits per heavy atom. The molecule has 3 aromatic heterocycles. The Labute approximate surface area is 97.7 Å². The van der Waals surface area contributed by atoms with E-state index in [2.05, 4.69) is 15.2 Å². The number of aromatic amines is 1. The molecule has 3 rings (SSSR count). The van der Waals surface area contributed by atoms with Crippen molar-refractivity contribution < 1.29 is 0 Å². The molecule has 0 radical (unpaired) electrons. The number of nitrogen functional groups attached to an aromatic ring is 1. The van der Waals surface area contributed by atoms with Crippen molar-refractivity contribution in [1.82, 2.24) is 19.7 Å². The second-order valence-corrected chi connectivity index (χ2v) is 3.28. The number of pyridine rings is 1. The molecule has 0 aliphatic heterocycles. The van der Waals surface area contributed by atoms with Crippen molar-refractivity contribution >= 4 is 29.1 Å². The molecule has 5 nitrogen and oxygen atoms in total. The molecule has 3 N–H and O–H groups in total. The molecule has 0 saturated carbocycles. The Morgan fingerprint density at radius 3 is 3.00 bits per heavy atom. The number of nitrogens with zero attached hydrogens (tertiary/aromatic N) is 3. The highest BCUT2D eigenvalue weighted by atomic mass is 35.5. The lowest BCUT2D eigenvalue weighted by Gasteiger charge is -1.98. The zero-order valence-electron chi connectivity index (χ0n) is 8.29. The van der Waals surface area contributed by atoms with E-state index in [1.807, 2.05) is 29.1 Å². The third-order valence-corrected chi connectivity index (χ3v) is 2.35. The summed E-state index contributed by atoms with van der Waals surface area (Å²) in [6.45, 7) is 0. The summed E-state index contributed by atoms with van der Waals surface area (Å²) >= 11 is 0. The van der Waals surface area contributed by atoms with Crippen LogP contribution < -0.4 is 5.73 Å². The van der Waals surface area contributed by atoms with E-state index in [1.165, 1.54) is 0 Å². The molecule has 82 valence electrons. The summed E-state index contributed by atoms with van der Waals surface area (Å²) in [5, 5.41) is 6.68.